The number of H-pyrrole nitrogens is 2. The van der Waals surface area contributed by atoms with Gasteiger partial charge in [-0.15, -0.1) is 0 Å². The minimum Gasteiger partial charge on any atom is -0.504 e. The van der Waals surface area contributed by atoms with Gasteiger partial charge in [0.15, 0.2) is 17.2 Å². The molecule has 0 spiro atoms. The van der Waals surface area contributed by atoms with E-state index >= 15 is 0 Å². The molecule has 0 bridgehead atoms. The second-order valence-corrected chi connectivity index (χ2v) is 8.38. The molecule has 7 nitrogen and oxygen atoms in total. The van der Waals surface area contributed by atoms with Gasteiger partial charge in [0.1, 0.15) is 9.21 Å². The predicted molar refractivity (Wildman–Crippen MR) is 120 cm³/mol. The fraction of sp³-hybridized carbons (Fsp3) is 0.0476. The van der Waals surface area contributed by atoms with Crippen molar-refractivity contribution in [1.29, 1.82) is 0 Å². The fourth-order valence-electron chi connectivity index (χ4n) is 3.88. The highest BCUT2D eigenvalue weighted by atomic mass is 79.9. The second kappa shape index (κ2) is 7.03. The van der Waals surface area contributed by atoms with Gasteiger partial charge in [-0.2, -0.15) is 0 Å². The van der Waals surface area contributed by atoms with E-state index in [1.807, 2.05) is 24.5 Å². The number of rotatable bonds is 3. The van der Waals surface area contributed by atoms with Gasteiger partial charge in [-0.25, -0.2) is 9.97 Å². The lowest BCUT2D eigenvalue weighted by Crippen LogP contribution is -2.02. The van der Waals surface area contributed by atoms with Crippen molar-refractivity contribution in [2.24, 2.45) is 0 Å². The van der Waals surface area contributed by atoms with Gasteiger partial charge in [-0.1, -0.05) is 0 Å². The number of fused-ring (bicyclic) bond motifs is 2. The van der Waals surface area contributed by atoms with Gasteiger partial charge in [-0.05, 0) is 72.8 Å². The maximum absolute atomic E-state index is 10.2. The molecule has 0 radical (unpaired) electrons. The third kappa shape index (κ3) is 2.85. The lowest BCUT2D eigenvalue weighted by atomic mass is 9.84. The van der Waals surface area contributed by atoms with E-state index in [9.17, 15) is 15.3 Å². The highest BCUT2D eigenvalue weighted by Gasteiger charge is 2.26. The zero-order chi connectivity index (χ0) is 21.0. The molecule has 0 saturated heterocycles. The Kier molecular flexibility index (Phi) is 4.44. The van der Waals surface area contributed by atoms with E-state index in [0.717, 1.165) is 32.9 Å². The number of phenolic OH excluding ortho intramolecular Hbond substituents is 3. The molecule has 5 rings (SSSR count). The zero-order valence-corrected chi connectivity index (χ0v) is 18.4. The number of aromatic nitrogens is 4. The number of benzene rings is 1. The lowest BCUT2D eigenvalue weighted by Gasteiger charge is -2.18. The van der Waals surface area contributed by atoms with Gasteiger partial charge in [0.2, 0.25) is 0 Å². The average Bonchev–Trinajstić information content (AvgIpc) is 3.34. The molecule has 150 valence electrons. The van der Waals surface area contributed by atoms with Crippen molar-refractivity contribution >= 4 is 53.7 Å². The Morgan fingerprint density at radius 2 is 1.23 bits per heavy atom. The molecule has 30 heavy (non-hydrogen) atoms. The first kappa shape index (κ1) is 19.0. The standard InChI is InChI=1S/C21H14Br2N4O3/c22-20-17-10(1-3-24-20)12(7-26-17)16(9-5-14(28)19(30)15(29)6-9)13-8-27-18-11(13)2-4-25-21(18)23/h1-8,16,26-30H. The van der Waals surface area contributed by atoms with E-state index in [1.165, 1.54) is 12.1 Å². The maximum Gasteiger partial charge on any atom is 0.200 e. The summed E-state index contributed by atoms with van der Waals surface area (Å²) in [5.74, 6) is -1.69. The topological polar surface area (TPSA) is 118 Å². The zero-order valence-electron chi connectivity index (χ0n) is 15.2. The van der Waals surface area contributed by atoms with Crippen molar-refractivity contribution < 1.29 is 15.3 Å². The summed E-state index contributed by atoms with van der Waals surface area (Å²) >= 11 is 6.94. The van der Waals surface area contributed by atoms with E-state index in [-0.39, 0.29) is 17.4 Å². The molecule has 0 unspecified atom stereocenters. The van der Waals surface area contributed by atoms with Gasteiger partial charge in [0.25, 0.3) is 0 Å². The van der Waals surface area contributed by atoms with E-state index in [0.29, 0.717) is 14.8 Å². The van der Waals surface area contributed by atoms with Crippen LogP contribution in [0.3, 0.4) is 0 Å². The number of aromatic hydroxyl groups is 3. The first-order valence-electron chi connectivity index (χ1n) is 8.93. The summed E-state index contributed by atoms with van der Waals surface area (Å²) in [5.41, 5.74) is 4.14. The number of hydrogen-bond acceptors (Lipinski definition) is 5. The van der Waals surface area contributed by atoms with E-state index in [2.05, 4.69) is 51.8 Å². The van der Waals surface area contributed by atoms with Gasteiger partial charge in [0, 0.05) is 41.5 Å². The molecule has 4 aromatic heterocycles. The molecule has 0 saturated carbocycles. The van der Waals surface area contributed by atoms with Crippen LogP contribution in [0.1, 0.15) is 22.6 Å². The van der Waals surface area contributed by atoms with Gasteiger partial charge in [0.05, 0.1) is 11.0 Å². The van der Waals surface area contributed by atoms with Crippen LogP contribution in [0, 0.1) is 0 Å². The molecule has 0 aliphatic carbocycles. The van der Waals surface area contributed by atoms with E-state index < -0.39 is 5.75 Å². The van der Waals surface area contributed by atoms with E-state index in [4.69, 9.17) is 0 Å². The molecular weight excluding hydrogens is 516 g/mol. The van der Waals surface area contributed by atoms with Crippen molar-refractivity contribution in [1.82, 2.24) is 19.9 Å². The normalized spacial score (nSPS) is 11.7. The Labute approximate surface area is 186 Å². The Morgan fingerprint density at radius 1 is 0.767 bits per heavy atom. The molecule has 0 aliphatic heterocycles. The first-order valence-corrected chi connectivity index (χ1v) is 10.5. The minimum absolute atomic E-state index is 0.367. The summed E-state index contributed by atoms with van der Waals surface area (Å²) in [4.78, 5) is 15.0. The van der Waals surface area contributed by atoms with Gasteiger partial charge < -0.3 is 25.3 Å². The molecule has 0 atom stereocenters. The Hall–Kier alpha value is -3.04. The molecule has 9 heteroatoms. The number of hydrogen-bond donors (Lipinski definition) is 5. The van der Waals surface area contributed by atoms with Gasteiger partial charge in [-0.3, -0.25) is 0 Å². The van der Waals surface area contributed by atoms with Crippen molar-refractivity contribution in [3.63, 3.8) is 0 Å². The number of aromatic amines is 2. The maximum atomic E-state index is 10.2. The lowest BCUT2D eigenvalue weighted by molar-refractivity contribution is 0.367. The molecule has 1 aromatic carbocycles. The molecule has 4 heterocycles. The Bertz CT molecular complexity index is 1320. The fourth-order valence-corrected chi connectivity index (χ4v) is 4.77. The molecule has 0 fully saturated rings. The van der Waals surface area contributed by atoms with Crippen LogP contribution in [-0.4, -0.2) is 35.3 Å². The van der Waals surface area contributed by atoms with Crippen LogP contribution in [0.4, 0.5) is 0 Å². The molecule has 5 N–H and O–H groups in total. The molecular formula is C21H14Br2N4O3. The van der Waals surface area contributed by atoms with Crippen LogP contribution in [0.2, 0.25) is 0 Å². The predicted octanol–water partition coefficient (Wildman–Crippen LogP) is 5.26. The third-order valence-electron chi connectivity index (χ3n) is 5.22. The van der Waals surface area contributed by atoms with Crippen LogP contribution < -0.4 is 0 Å². The largest absolute Gasteiger partial charge is 0.504 e. The van der Waals surface area contributed by atoms with Crippen molar-refractivity contribution in [2.75, 3.05) is 0 Å². The van der Waals surface area contributed by atoms with Crippen LogP contribution in [0.15, 0.2) is 58.3 Å². The minimum atomic E-state index is -0.547. The number of nitrogens with one attached hydrogen (secondary N) is 2. The number of pyridine rings is 2. The highest BCUT2D eigenvalue weighted by molar-refractivity contribution is 9.10. The second-order valence-electron chi connectivity index (χ2n) is 6.88. The van der Waals surface area contributed by atoms with Crippen molar-refractivity contribution in [2.45, 2.75) is 5.92 Å². The van der Waals surface area contributed by atoms with Crippen LogP contribution in [-0.2, 0) is 0 Å². The van der Waals surface area contributed by atoms with Crippen LogP contribution >= 0.6 is 31.9 Å². The Morgan fingerprint density at radius 3 is 1.70 bits per heavy atom. The quantitative estimate of drug-likeness (QED) is 0.161. The van der Waals surface area contributed by atoms with Crippen molar-refractivity contribution in [3.8, 4) is 17.2 Å². The van der Waals surface area contributed by atoms with Gasteiger partial charge >= 0.3 is 0 Å². The number of nitrogens with zero attached hydrogens (tertiary/aromatic N) is 2. The summed E-state index contributed by atoms with van der Waals surface area (Å²) in [6.07, 6.45) is 7.19. The SMILES string of the molecule is Oc1cc(C(c2c[nH]c3c(Br)nccc23)c2c[nH]c3c(Br)nccc23)cc(O)c1O. The smallest absolute Gasteiger partial charge is 0.200 e. The number of halogens is 2. The summed E-state index contributed by atoms with van der Waals surface area (Å²) in [6.45, 7) is 0. The monoisotopic (exact) mass is 528 g/mol. The highest BCUT2D eigenvalue weighted by Crippen LogP contribution is 2.45. The summed E-state index contributed by atoms with van der Waals surface area (Å²) in [6, 6.07) is 6.74. The third-order valence-corrected chi connectivity index (χ3v) is 6.43. The average molecular weight is 530 g/mol. The molecule has 0 amide bonds. The van der Waals surface area contributed by atoms with Crippen LogP contribution in [0.5, 0.6) is 17.2 Å². The summed E-state index contributed by atoms with van der Waals surface area (Å²) in [5, 5.41) is 32.1. The van der Waals surface area contributed by atoms with Crippen molar-refractivity contribution in [3.05, 3.63) is 74.9 Å². The summed E-state index contributed by atoms with van der Waals surface area (Å²) in [7, 11) is 0. The first-order chi connectivity index (χ1) is 14.5. The summed E-state index contributed by atoms with van der Waals surface area (Å²) < 4.78 is 1.37. The number of phenols is 3. The van der Waals surface area contributed by atoms with E-state index in [1.54, 1.807) is 12.4 Å². The van der Waals surface area contributed by atoms with Crippen LogP contribution in [0.25, 0.3) is 21.8 Å². The molecule has 0 aliphatic rings. The Balaban J connectivity index is 1.84. The molecule has 5 aromatic rings.